The Labute approximate surface area is 127 Å². The van der Waals surface area contributed by atoms with E-state index in [-0.39, 0.29) is 6.04 Å². The number of thioether (sulfide) groups is 1. The van der Waals surface area contributed by atoms with E-state index in [1.54, 1.807) is 0 Å². The average molecular weight is 297 g/mol. The number of rotatable bonds is 10. The van der Waals surface area contributed by atoms with E-state index >= 15 is 0 Å². The molecule has 0 aromatic heterocycles. The van der Waals surface area contributed by atoms with E-state index in [0.717, 1.165) is 41.4 Å². The summed E-state index contributed by atoms with van der Waals surface area (Å²) in [6.45, 7) is 7.75. The van der Waals surface area contributed by atoms with Crippen LogP contribution in [0.2, 0.25) is 0 Å². The van der Waals surface area contributed by atoms with Crippen LogP contribution in [-0.4, -0.2) is 24.7 Å². The molecule has 1 unspecified atom stereocenters. The minimum Gasteiger partial charge on any atom is -0.490 e. The van der Waals surface area contributed by atoms with E-state index < -0.39 is 0 Å². The molecule has 0 amide bonds. The summed E-state index contributed by atoms with van der Waals surface area (Å²) in [5.41, 5.74) is 7.32. The minimum absolute atomic E-state index is 0.0455. The maximum Gasteiger partial charge on any atom is 0.161 e. The van der Waals surface area contributed by atoms with Crippen LogP contribution < -0.4 is 15.2 Å². The highest BCUT2D eigenvalue weighted by atomic mass is 32.2. The standard InChI is InChI=1S/C16H27NO2S/c1-4-9-18-15-8-7-13(14(17)12-20-6-3)11-16(15)19-10-5-2/h7-8,11,14H,4-6,9-10,12,17H2,1-3H3. The van der Waals surface area contributed by atoms with Gasteiger partial charge in [0.05, 0.1) is 13.2 Å². The Morgan fingerprint density at radius 1 is 1.05 bits per heavy atom. The zero-order valence-corrected chi connectivity index (χ0v) is 13.7. The van der Waals surface area contributed by atoms with Crippen molar-refractivity contribution in [3.63, 3.8) is 0 Å². The lowest BCUT2D eigenvalue weighted by atomic mass is 10.1. The van der Waals surface area contributed by atoms with Crippen LogP contribution >= 0.6 is 11.8 Å². The van der Waals surface area contributed by atoms with Crippen molar-refractivity contribution < 1.29 is 9.47 Å². The zero-order valence-electron chi connectivity index (χ0n) is 12.9. The summed E-state index contributed by atoms with van der Waals surface area (Å²) in [6, 6.07) is 6.10. The molecule has 0 aliphatic carbocycles. The maximum atomic E-state index is 6.21. The molecule has 1 aromatic rings. The molecule has 114 valence electrons. The highest BCUT2D eigenvalue weighted by Crippen LogP contribution is 2.31. The summed E-state index contributed by atoms with van der Waals surface area (Å²) in [5, 5.41) is 0. The van der Waals surface area contributed by atoms with Gasteiger partial charge >= 0.3 is 0 Å². The van der Waals surface area contributed by atoms with Crippen LogP contribution in [0, 0.1) is 0 Å². The number of benzene rings is 1. The molecule has 0 spiro atoms. The van der Waals surface area contributed by atoms with Gasteiger partial charge in [0, 0.05) is 11.8 Å². The molecule has 0 bridgehead atoms. The molecule has 3 nitrogen and oxygen atoms in total. The van der Waals surface area contributed by atoms with Crippen LogP contribution in [0.4, 0.5) is 0 Å². The second-order valence-electron chi connectivity index (χ2n) is 4.67. The molecule has 0 heterocycles. The van der Waals surface area contributed by atoms with Crippen LogP contribution in [-0.2, 0) is 0 Å². The summed E-state index contributed by atoms with van der Waals surface area (Å²) in [7, 11) is 0. The van der Waals surface area contributed by atoms with Gasteiger partial charge in [0.2, 0.25) is 0 Å². The maximum absolute atomic E-state index is 6.21. The molecule has 0 fully saturated rings. The molecule has 0 aliphatic heterocycles. The van der Waals surface area contributed by atoms with Crippen molar-refractivity contribution in [2.24, 2.45) is 5.73 Å². The molecular formula is C16H27NO2S. The topological polar surface area (TPSA) is 44.5 Å². The molecule has 1 atom stereocenters. The Balaban J connectivity index is 2.82. The fourth-order valence-electron chi connectivity index (χ4n) is 1.75. The lowest BCUT2D eigenvalue weighted by Crippen LogP contribution is -2.13. The Morgan fingerprint density at radius 3 is 2.30 bits per heavy atom. The lowest BCUT2D eigenvalue weighted by Gasteiger charge is -2.16. The highest BCUT2D eigenvalue weighted by Gasteiger charge is 2.11. The number of nitrogens with two attached hydrogens (primary N) is 1. The summed E-state index contributed by atoms with van der Waals surface area (Å²) in [4.78, 5) is 0. The van der Waals surface area contributed by atoms with Gasteiger partial charge in [-0.2, -0.15) is 11.8 Å². The summed E-state index contributed by atoms with van der Waals surface area (Å²) >= 11 is 1.86. The summed E-state index contributed by atoms with van der Waals surface area (Å²) in [6.07, 6.45) is 1.97. The van der Waals surface area contributed by atoms with Gasteiger partial charge in [-0.15, -0.1) is 0 Å². The first-order valence-corrected chi connectivity index (χ1v) is 8.61. The minimum atomic E-state index is 0.0455. The Bertz CT molecular complexity index is 385. The molecular weight excluding hydrogens is 270 g/mol. The van der Waals surface area contributed by atoms with Gasteiger partial charge in [-0.3, -0.25) is 0 Å². The summed E-state index contributed by atoms with van der Waals surface area (Å²) < 4.78 is 11.5. The third kappa shape index (κ3) is 5.63. The van der Waals surface area contributed by atoms with Gasteiger partial charge in [0.25, 0.3) is 0 Å². The first kappa shape index (κ1) is 17.2. The van der Waals surface area contributed by atoms with Crippen molar-refractivity contribution in [3.05, 3.63) is 23.8 Å². The van der Waals surface area contributed by atoms with Crippen LogP contribution in [0.15, 0.2) is 18.2 Å². The molecule has 0 radical (unpaired) electrons. The largest absolute Gasteiger partial charge is 0.490 e. The Morgan fingerprint density at radius 2 is 1.70 bits per heavy atom. The molecule has 0 aliphatic rings. The zero-order chi connectivity index (χ0) is 14.8. The number of hydrogen-bond donors (Lipinski definition) is 1. The average Bonchev–Trinajstić information content (AvgIpc) is 2.48. The quantitative estimate of drug-likeness (QED) is 0.708. The molecule has 1 aromatic carbocycles. The fraction of sp³-hybridized carbons (Fsp3) is 0.625. The smallest absolute Gasteiger partial charge is 0.161 e. The van der Waals surface area contributed by atoms with E-state index in [0.29, 0.717) is 13.2 Å². The van der Waals surface area contributed by atoms with Crippen LogP contribution in [0.5, 0.6) is 11.5 Å². The van der Waals surface area contributed by atoms with E-state index in [9.17, 15) is 0 Å². The van der Waals surface area contributed by atoms with Crippen LogP contribution in [0.25, 0.3) is 0 Å². The second kappa shape index (κ2) is 9.94. The molecule has 0 saturated heterocycles. The van der Waals surface area contributed by atoms with Gasteiger partial charge in [-0.1, -0.05) is 26.8 Å². The Kier molecular flexibility index (Phi) is 8.54. The van der Waals surface area contributed by atoms with Crippen molar-refractivity contribution in [2.45, 2.75) is 39.7 Å². The second-order valence-corrected chi connectivity index (χ2v) is 5.99. The third-order valence-electron chi connectivity index (χ3n) is 2.82. The highest BCUT2D eigenvalue weighted by molar-refractivity contribution is 7.99. The van der Waals surface area contributed by atoms with Crippen molar-refractivity contribution in [1.29, 1.82) is 0 Å². The van der Waals surface area contributed by atoms with Gasteiger partial charge in [0.1, 0.15) is 0 Å². The van der Waals surface area contributed by atoms with Gasteiger partial charge in [-0.25, -0.2) is 0 Å². The van der Waals surface area contributed by atoms with Crippen molar-refractivity contribution in [1.82, 2.24) is 0 Å². The van der Waals surface area contributed by atoms with Gasteiger partial charge in [0.15, 0.2) is 11.5 Å². The van der Waals surface area contributed by atoms with E-state index in [1.165, 1.54) is 0 Å². The van der Waals surface area contributed by atoms with E-state index in [2.05, 4.69) is 20.8 Å². The number of hydrogen-bond acceptors (Lipinski definition) is 4. The molecule has 2 N–H and O–H groups in total. The summed E-state index contributed by atoms with van der Waals surface area (Å²) in [5.74, 6) is 3.65. The fourth-order valence-corrected chi connectivity index (χ4v) is 2.43. The van der Waals surface area contributed by atoms with Crippen molar-refractivity contribution in [3.8, 4) is 11.5 Å². The van der Waals surface area contributed by atoms with Crippen LogP contribution in [0.3, 0.4) is 0 Å². The van der Waals surface area contributed by atoms with Crippen molar-refractivity contribution in [2.75, 3.05) is 24.7 Å². The van der Waals surface area contributed by atoms with Crippen molar-refractivity contribution >= 4 is 11.8 Å². The first-order chi connectivity index (χ1) is 9.72. The predicted molar refractivity (Wildman–Crippen MR) is 87.9 cm³/mol. The van der Waals surface area contributed by atoms with Crippen LogP contribution in [0.1, 0.15) is 45.2 Å². The number of ether oxygens (including phenoxy) is 2. The SMILES string of the molecule is CCCOc1ccc(C(N)CSCC)cc1OCCC. The van der Waals surface area contributed by atoms with Gasteiger partial charge in [-0.05, 0) is 36.3 Å². The monoisotopic (exact) mass is 297 g/mol. The van der Waals surface area contributed by atoms with E-state index in [1.807, 2.05) is 30.0 Å². The lowest BCUT2D eigenvalue weighted by molar-refractivity contribution is 0.268. The van der Waals surface area contributed by atoms with E-state index in [4.69, 9.17) is 15.2 Å². The van der Waals surface area contributed by atoms with Gasteiger partial charge < -0.3 is 15.2 Å². The molecule has 1 rings (SSSR count). The molecule has 20 heavy (non-hydrogen) atoms. The Hall–Kier alpha value is -0.870. The third-order valence-corrected chi connectivity index (χ3v) is 3.82. The predicted octanol–water partition coefficient (Wildman–Crippen LogP) is 4.02. The first-order valence-electron chi connectivity index (χ1n) is 7.45. The normalized spacial score (nSPS) is 12.2. The molecule has 4 heteroatoms. The molecule has 0 saturated carbocycles.